The third kappa shape index (κ3) is 6.36. The first-order valence-corrected chi connectivity index (χ1v) is 13.1. The maximum Gasteiger partial charge on any atom is 0.247 e. The zero-order valence-electron chi connectivity index (χ0n) is 20.6. The van der Waals surface area contributed by atoms with Crippen molar-refractivity contribution >= 4 is 10.0 Å². The molecule has 8 heteroatoms. The summed E-state index contributed by atoms with van der Waals surface area (Å²) in [5.74, 6) is 6.60. The highest BCUT2D eigenvalue weighted by Gasteiger charge is 2.38. The minimum Gasteiger partial charge on any atom is -0.487 e. The Kier molecular flexibility index (Phi) is 8.72. The SMILES string of the molecule is CC(C)C#Cc1ccc2c(c1)O[C@@H](CN(C)Cc1ccccn1)[C@H](C)CN([C@H](C)CO)S2(=O)=O. The first kappa shape index (κ1) is 26.2. The van der Waals surface area contributed by atoms with Crippen LogP contribution in [-0.4, -0.2) is 66.6 Å². The topological polar surface area (TPSA) is 83.0 Å². The van der Waals surface area contributed by atoms with Crippen LogP contribution in [0.15, 0.2) is 47.5 Å². The van der Waals surface area contributed by atoms with Crippen molar-refractivity contribution in [1.29, 1.82) is 0 Å². The summed E-state index contributed by atoms with van der Waals surface area (Å²) in [5, 5.41) is 9.79. The van der Waals surface area contributed by atoms with Crippen LogP contribution >= 0.6 is 0 Å². The minimum atomic E-state index is -3.86. The summed E-state index contributed by atoms with van der Waals surface area (Å²) in [6, 6.07) is 10.3. The Morgan fingerprint density at radius 2 is 2.03 bits per heavy atom. The third-order valence-corrected chi connectivity index (χ3v) is 7.84. The van der Waals surface area contributed by atoms with Gasteiger partial charge in [-0.15, -0.1) is 0 Å². The molecule has 0 aliphatic carbocycles. The summed E-state index contributed by atoms with van der Waals surface area (Å²) in [6.45, 7) is 8.94. The van der Waals surface area contributed by atoms with Gasteiger partial charge in [0.05, 0.1) is 12.3 Å². The second-order valence-electron chi connectivity index (χ2n) is 9.34. The van der Waals surface area contributed by atoms with Crippen LogP contribution in [0.3, 0.4) is 0 Å². The van der Waals surface area contributed by atoms with Crippen molar-refractivity contribution in [3.8, 4) is 17.6 Å². The fraction of sp³-hybridized carbons (Fsp3) is 0.500. The molecular formula is C26H35N3O4S. The Morgan fingerprint density at radius 3 is 2.68 bits per heavy atom. The summed E-state index contributed by atoms with van der Waals surface area (Å²) < 4.78 is 34.9. The highest BCUT2D eigenvalue weighted by atomic mass is 32.2. The largest absolute Gasteiger partial charge is 0.487 e. The number of aromatic nitrogens is 1. The van der Waals surface area contributed by atoms with Crippen LogP contribution in [0, 0.1) is 23.7 Å². The van der Waals surface area contributed by atoms with Gasteiger partial charge in [-0.2, -0.15) is 4.31 Å². The highest BCUT2D eigenvalue weighted by Crippen LogP contribution is 2.34. The number of benzene rings is 1. The molecule has 0 fully saturated rings. The lowest BCUT2D eigenvalue weighted by Crippen LogP contribution is -2.49. The lowest BCUT2D eigenvalue weighted by Gasteiger charge is -2.37. The van der Waals surface area contributed by atoms with E-state index >= 15 is 0 Å². The molecule has 0 spiro atoms. The molecule has 1 aromatic carbocycles. The van der Waals surface area contributed by atoms with E-state index in [9.17, 15) is 13.5 Å². The Balaban J connectivity index is 1.99. The van der Waals surface area contributed by atoms with Gasteiger partial charge >= 0.3 is 0 Å². The summed E-state index contributed by atoms with van der Waals surface area (Å²) in [4.78, 5) is 6.63. The number of rotatable bonds is 6. The Morgan fingerprint density at radius 1 is 1.26 bits per heavy atom. The maximum absolute atomic E-state index is 13.6. The second-order valence-corrected chi connectivity index (χ2v) is 11.2. The third-order valence-electron chi connectivity index (χ3n) is 5.82. The molecule has 2 aromatic rings. The van der Waals surface area contributed by atoms with Crippen molar-refractivity contribution in [1.82, 2.24) is 14.2 Å². The molecule has 0 saturated heterocycles. The van der Waals surface area contributed by atoms with Crippen LogP contribution in [0.5, 0.6) is 5.75 Å². The number of hydrogen-bond acceptors (Lipinski definition) is 6. The molecule has 1 aromatic heterocycles. The minimum absolute atomic E-state index is 0.104. The van der Waals surface area contributed by atoms with E-state index in [2.05, 4.69) is 21.7 Å². The van der Waals surface area contributed by atoms with Crippen molar-refractivity contribution < 1.29 is 18.3 Å². The highest BCUT2D eigenvalue weighted by molar-refractivity contribution is 7.89. The molecule has 2 heterocycles. The second kappa shape index (κ2) is 11.3. The van der Waals surface area contributed by atoms with Crippen LogP contribution in [0.1, 0.15) is 39.0 Å². The zero-order valence-corrected chi connectivity index (χ0v) is 21.4. The molecule has 3 atom stereocenters. The van der Waals surface area contributed by atoms with Crippen molar-refractivity contribution in [2.75, 3.05) is 26.7 Å². The Labute approximate surface area is 203 Å². The number of aliphatic hydroxyl groups excluding tert-OH is 1. The molecule has 1 N–H and O–H groups in total. The normalized spacial score (nSPS) is 21.1. The molecule has 184 valence electrons. The predicted octanol–water partition coefficient (Wildman–Crippen LogP) is 2.99. The number of ether oxygens (including phenoxy) is 1. The molecule has 0 radical (unpaired) electrons. The maximum atomic E-state index is 13.6. The summed E-state index contributed by atoms with van der Waals surface area (Å²) in [5.41, 5.74) is 1.66. The zero-order chi connectivity index (χ0) is 24.9. The molecule has 1 aliphatic rings. The van der Waals surface area contributed by atoms with Gasteiger partial charge in [0.15, 0.2) is 0 Å². The van der Waals surface area contributed by atoms with Gasteiger partial charge in [0.2, 0.25) is 10.0 Å². The first-order chi connectivity index (χ1) is 16.1. The van der Waals surface area contributed by atoms with Gasteiger partial charge in [-0.3, -0.25) is 9.88 Å². The Hall–Kier alpha value is -2.44. The van der Waals surface area contributed by atoms with Crippen molar-refractivity contribution in [2.24, 2.45) is 11.8 Å². The van der Waals surface area contributed by atoms with Crippen molar-refractivity contribution in [3.63, 3.8) is 0 Å². The lowest BCUT2D eigenvalue weighted by atomic mass is 10.0. The lowest BCUT2D eigenvalue weighted by molar-refractivity contribution is 0.0730. The molecule has 0 unspecified atom stereocenters. The van der Waals surface area contributed by atoms with Gasteiger partial charge in [0.1, 0.15) is 16.7 Å². The Bertz CT molecular complexity index is 1130. The van der Waals surface area contributed by atoms with Gasteiger partial charge < -0.3 is 9.84 Å². The summed E-state index contributed by atoms with van der Waals surface area (Å²) in [6.07, 6.45) is 1.50. The van der Waals surface area contributed by atoms with Crippen LogP contribution < -0.4 is 4.74 Å². The van der Waals surface area contributed by atoms with Crippen LogP contribution in [-0.2, 0) is 16.6 Å². The molecule has 1 aliphatic heterocycles. The van der Waals surface area contributed by atoms with E-state index in [1.165, 1.54) is 4.31 Å². The van der Waals surface area contributed by atoms with E-state index in [0.29, 0.717) is 24.4 Å². The average Bonchev–Trinajstić information content (AvgIpc) is 2.80. The van der Waals surface area contributed by atoms with Gasteiger partial charge in [0.25, 0.3) is 0 Å². The number of pyridine rings is 1. The van der Waals surface area contributed by atoms with Crippen molar-refractivity contribution in [2.45, 2.75) is 51.3 Å². The van der Waals surface area contributed by atoms with Gasteiger partial charge in [-0.25, -0.2) is 8.42 Å². The number of sulfonamides is 1. The molecule has 0 amide bonds. The van der Waals surface area contributed by atoms with E-state index in [0.717, 1.165) is 5.69 Å². The fourth-order valence-electron chi connectivity index (χ4n) is 3.89. The van der Waals surface area contributed by atoms with E-state index in [-0.39, 0.29) is 36.0 Å². The molecule has 0 bridgehead atoms. The molecule has 34 heavy (non-hydrogen) atoms. The van der Waals surface area contributed by atoms with E-state index < -0.39 is 16.1 Å². The number of nitrogens with zero attached hydrogens (tertiary/aromatic N) is 3. The number of aliphatic hydroxyl groups is 1. The van der Waals surface area contributed by atoms with Gasteiger partial charge in [-0.1, -0.05) is 38.7 Å². The average molecular weight is 486 g/mol. The number of likely N-dealkylation sites (N-methyl/N-ethyl adjacent to an activating group) is 1. The molecule has 3 rings (SSSR count). The quantitative estimate of drug-likeness (QED) is 0.634. The van der Waals surface area contributed by atoms with Crippen LogP contribution in [0.4, 0.5) is 0 Å². The summed E-state index contributed by atoms with van der Waals surface area (Å²) in [7, 11) is -1.86. The molecule has 0 saturated carbocycles. The van der Waals surface area contributed by atoms with Crippen molar-refractivity contribution in [3.05, 3.63) is 53.9 Å². The summed E-state index contributed by atoms with van der Waals surface area (Å²) >= 11 is 0. The number of fused-ring (bicyclic) bond motifs is 1. The van der Waals surface area contributed by atoms with E-state index in [4.69, 9.17) is 4.74 Å². The fourth-order valence-corrected chi connectivity index (χ4v) is 5.71. The first-order valence-electron chi connectivity index (χ1n) is 11.6. The molecular weight excluding hydrogens is 450 g/mol. The van der Waals surface area contributed by atoms with E-state index in [1.54, 1.807) is 31.3 Å². The smallest absolute Gasteiger partial charge is 0.247 e. The standard InChI is InChI=1S/C26H35N3O4S/c1-19(2)9-10-22-11-12-26-24(14-22)33-25(17-28(5)16-23-8-6-7-13-27-23)20(3)15-29(21(4)18-30)34(26,31)32/h6-8,11-14,19-21,25,30H,15-18H2,1-5H3/t20-,21-,25+/m1/s1. The van der Waals surface area contributed by atoms with Crippen LogP contribution in [0.2, 0.25) is 0 Å². The van der Waals surface area contributed by atoms with E-state index in [1.807, 2.05) is 46.0 Å². The van der Waals surface area contributed by atoms with Crippen LogP contribution in [0.25, 0.3) is 0 Å². The predicted molar refractivity (Wildman–Crippen MR) is 133 cm³/mol. The number of hydrogen-bond donors (Lipinski definition) is 1. The monoisotopic (exact) mass is 485 g/mol. The van der Waals surface area contributed by atoms with Gasteiger partial charge in [-0.05, 0) is 44.3 Å². The molecule has 7 nitrogen and oxygen atoms in total. The van der Waals surface area contributed by atoms with Gasteiger partial charge in [0, 0.05) is 49.3 Å².